The molecule has 1 aromatic heterocycles. The van der Waals surface area contributed by atoms with E-state index in [0.717, 1.165) is 5.88 Å². The number of aryl methyl sites for hydroxylation is 1. The van der Waals surface area contributed by atoms with Gasteiger partial charge in [0.15, 0.2) is 6.20 Å². The summed E-state index contributed by atoms with van der Waals surface area (Å²) in [4.78, 5) is 0. The third kappa shape index (κ3) is 7.71. The molecule has 1 rings (SSSR count). The van der Waals surface area contributed by atoms with Crippen molar-refractivity contribution in [1.82, 2.24) is 0 Å². The number of rotatable bonds is 1. The Morgan fingerprint density at radius 3 is 2.00 bits per heavy atom. The summed E-state index contributed by atoms with van der Waals surface area (Å²) in [5, 5.41) is 0. The smallest absolute Gasteiger partial charge is 0.367 e. The molecule has 0 radical (unpaired) electrons. The fourth-order valence-corrected chi connectivity index (χ4v) is 0.720. The third-order valence-corrected chi connectivity index (χ3v) is 1.22. The van der Waals surface area contributed by atoms with Crippen molar-refractivity contribution in [2.75, 3.05) is 7.11 Å². The fourth-order valence-electron chi connectivity index (χ4n) is 0.720. The van der Waals surface area contributed by atoms with E-state index in [4.69, 9.17) is 23.4 Å². The standard InChI is InChI=1S/C7H10NO.ClHO4/c1-8-6-4-3-5-7(8)9-2;2-1(3,4)5/h3-6H,1-2H3;(H,2,3,4,5)/q+1;/p-1. The first-order valence-corrected chi connectivity index (χ1v) is 4.68. The Morgan fingerprint density at radius 2 is 1.71 bits per heavy atom. The van der Waals surface area contributed by atoms with Crippen LogP contribution in [0.3, 0.4) is 0 Å². The summed E-state index contributed by atoms with van der Waals surface area (Å²) in [7, 11) is -1.34. The molecule has 14 heavy (non-hydrogen) atoms. The lowest BCUT2D eigenvalue weighted by molar-refractivity contribution is -2.00. The molecule has 6 nitrogen and oxygen atoms in total. The maximum absolute atomic E-state index is 8.49. The van der Waals surface area contributed by atoms with E-state index < -0.39 is 10.2 Å². The number of nitrogens with zero attached hydrogens (tertiary/aromatic N) is 1. The van der Waals surface area contributed by atoms with Gasteiger partial charge in [0, 0.05) is 6.07 Å². The first-order chi connectivity index (χ1) is 6.34. The summed E-state index contributed by atoms with van der Waals surface area (Å²) in [5.74, 6) is 0.873. The zero-order chi connectivity index (χ0) is 11.2. The largest absolute Gasteiger partial charge is 0.448 e. The number of halogens is 1. The van der Waals surface area contributed by atoms with Crippen LogP contribution in [0.25, 0.3) is 0 Å². The topological polar surface area (TPSA) is 105 Å². The van der Waals surface area contributed by atoms with E-state index in [2.05, 4.69) is 0 Å². The van der Waals surface area contributed by atoms with Gasteiger partial charge in [-0.2, -0.15) is 4.57 Å². The second-order valence-corrected chi connectivity index (χ2v) is 2.99. The van der Waals surface area contributed by atoms with Gasteiger partial charge in [0.2, 0.25) is 0 Å². The van der Waals surface area contributed by atoms with Crippen LogP contribution < -0.4 is 27.9 Å². The second-order valence-electron chi connectivity index (χ2n) is 2.23. The number of methoxy groups -OCH3 is 1. The lowest BCUT2D eigenvalue weighted by Crippen LogP contribution is -2.68. The van der Waals surface area contributed by atoms with E-state index in [1.54, 1.807) is 7.11 Å². The van der Waals surface area contributed by atoms with Crippen LogP contribution in [0.2, 0.25) is 0 Å². The Morgan fingerprint density at radius 1 is 1.21 bits per heavy atom. The van der Waals surface area contributed by atoms with E-state index in [-0.39, 0.29) is 0 Å². The molecule has 0 aliphatic carbocycles. The van der Waals surface area contributed by atoms with Crippen molar-refractivity contribution in [2.24, 2.45) is 7.05 Å². The quantitative estimate of drug-likeness (QED) is 0.449. The summed E-state index contributed by atoms with van der Waals surface area (Å²) < 4.78 is 40.9. The van der Waals surface area contributed by atoms with Gasteiger partial charge in [-0.25, -0.2) is 18.6 Å². The second kappa shape index (κ2) is 5.74. The van der Waals surface area contributed by atoms with Crippen molar-refractivity contribution in [2.45, 2.75) is 0 Å². The zero-order valence-corrected chi connectivity index (χ0v) is 8.43. The fraction of sp³-hybridized carbons (Fsp3) is 0.286. The Bertz CT molecular complexity index is 269. The molecule has 0 aliphatic heterocycles. The van der Waals surface area contributed by atoms with E-state index in [9.17, 15) is 0 Å². The zero-order valence-electron chi connectivity index (χ0n) is 7.68. The van der Waals surface area contributed by atoms with Gasteiger partial charge in [0.1, 0.15) is 7.05 Å². The van der Waals surface area contributed by atoms with E-state index >= 15 is 0 Å². The minimum atomic E-state index is -4.94. The highest BCUT2D eigenvalue weighted by molar-refractivity contribution is 5.01. The molecular weight excluding hydrogens is 214 g/mol. The van der Waals surface area contributed by atoms with Crippen molar-refractivity contribution in [3.05, 3.63) is 24.4 Å². The average molecular weight is 224 g/mol. The van der Waals surface area contributed by atoms with Crippen LogP contribution in [0.5, 0.6) is 5.88 Å². The van der Waals surface area contributed by atoms with Gasteiger partial charge in [-0.3, -0.25) is 0 Å². The van der Waals surface area contributed by atoms with Gasteiger partial charge < -0.3 is 4.74 Å². The first-order valence-electron chi connectivity index (χ1n) is 3.45. The lowest BCUT2D eigenvalue weighted by atomic mass is 10.5. The molecule has 1 aromatic rings. The number of hydrogen-bond donors (Lipinski definition) is 0. The molecule has 0 bridgehead atoms. The van der Waals surface area contributed by atoms with Gasteiger partial charge >= 0.3 is 5.88 Å². The summed E-state index contributed by atoms with van der Waals surface area (Å²) in [5.41, 5.74) is 0. The highest BCUT2D eigenvalue weighted by Crippen LogP contribution is 1.96. The molecule has 0 fully saturated rings. The van der Waals surface area contributed by atoms with Crippen molar-refractivity contribution in [3.63, 3.8) is 0 Å². The van der Waals surface area contributed by atoms with Crippen LogP contribution in [0, 0.1) is 10.2 Å². The number of hydrogen-bond acceptors (Lipinski definition) is 5. The van der Waals surface area contributed by atoms with Crippen LogP contribution in [0.1, 0.15) is 0 Å². The van der Waals surface area contributed by atoms with E-state index in [1.165, 1.54) is 0 Å². The molecule has 1 heterocycles. The molecule has 0 aromatic carbocycles. The van der Waals surface area contributed by atoms with Gasteiger partial charge in [0.05, 0.1) is 13.2 Å². The highest BCUT2D eigenvalue weighted by Gasteiger charge is 1.99. The average Bonchev–Trinajstić information content (AvgIpc) is 2.02. The van der Waals surface area contributed by atoms with Gasteiger partial charge in [-0.15, -0.1) is 10.2 Å². The first kappa shape index (κ1) is 13.1. The Kier molecular flexibility index (Phi) is 5.36. The Balaban J connectivity index is 0.000000292. The summed E-state index contributed by atoms with van der Waals surface area (Å²) in [6, 6.07) is 5.82. The van der Waals surface area contributed by atoms with Crippen molar-refractivity contribution in [1.29, 1.82) is 0 Å². The predicted octanol–water partition coefficient (Wildman–Crippen LogP) is -4.24. The summed E-state index contributed by atoms with van der Waals surface area (Å²) >= 11 is 0. The number of ether oxygens (including phenoxy) is 1. The Hall–Kier alpha value is -0.920. The van der Waals surface area contributed by atoms with Gasteiger partial charge in [-0.05, 0) is 6.07 Å². The van der Waals surface area contributed by atoms with Crippen molar-refractivity contribution in [3.8, 4) is 5.88 Å². The molecule has 0 N–H and O–H groups in total. The molecule has 0 spiro atoms. The van der Waals surface area contributed by atoms with E-state index in [1.807, 2.05) is 36.0 Å². The van der Waals surface area contributed by atoms with Crippen LogP contribution >= 0.6 is 0 Å². The molecule has 0 unspecified atom stereocenters. The Labute approximate surface area is 83.3 Å². The SMILES string of the molecule is COc1cccc[n+]1C.[O-][Cl+3]([O-])([O-])[O-]. The molecule has 0 aliphatic rings. The number of aromatic nitrogens is 1. The molecule has 0 atom stereocenters. The van der Waals surface area contributed by atoms with Crippen LogP contribution in [0.4, 0.5) is 0 Å². The van der Waals surface area contributed by atoms with Gasteiger partial charge in [-0.1, -0.05) is 0 Å². The maximum atomic E-state index is 8.49. The summed E-state index contributed by atoms with van der Waals surface area (Å²) in [6.07, 6.45) is 1.94. The highest BCUT2D eigenvalue weighted by atomic mass is 35.7. The minimum Gasteiger partial charge on any atom is -0.448 e. The van der Waals surface area contributed by atoms with Gasteiger partial charge in [0.25, 0.3) is 0 Å². The molecule has 0 amide bonds. The summed E-state index contributed by atoms with van der Waals surface area (Å²) in [6.45, 7) is 0. The number of pyridine rings is 1. The van der Waals surface area contributed by atoms with E-state index in [0.29, 0.717) is 0 Å². The normalized spacial score (nSPS) is 10.1. The maximum Gasteiger partial charge on any atom is 0.367 e. The third-order valence-electron chi connectivity index (χ3n) is 1.22. The predicted molar refractivity (Wildman–Crippen MR) is 34.2 cm³/mol. The van der Waals surface area contributed by atoms with Crippen molar-refractivity contribution < 1.29 is 38.2 Å². The molecular formula is C7H10ClNO5. The molecule has 7 heteroatoms. The molecule has 80 valence electrons. The lowest BCUT2D eigenvalue weighted by Gasteiger charge is -2.17. The molecule has 0 saturated carbocycles. The van der Waals surface area contributed by atoms with Crippen molar-refractivity contribution >= 4 is 0 Å². The monoisotopic (exact) mass is 223 g/mol. The minimum absolute atomic E-state index is 0.873. The van der Waals surface area contributed by atoms with Crippen LogP contribution in [0.15, 0.2) is 24.4 Å². The van der Waals surface area contributed by atoms with Crippen LogP contribution in [-0.2, 0) is 7.05 Å². The van der Waals surface area contributed by atoms with Crippen LogP contribution in [-0.4, -0.2) is 7.11 Å². The molecule has 0 saturated heterocycles.